The number of rotatable bonds is 4. The largest absolute Gasteiger partial charge is 0.496 e. The van der Waals surface area contributed by atoms with Gasteiger partial charge in [-0.3, -0.25) is 0 Å². The molecule has 18 heavy (non-hydrogen) atoms. The number of methoxy groups -OCH3 is 1. The molecule has 0 spiro atoms. The first-order chi connectivity index (χ1) is 8.65. The molecule has 96 valence electrons. The van der Waals surface area contributed by atoms with E-state index in [4.69, 9.17) is 14.9 Å². The van der Waals surface area contributed by atoms with Crippen molar-refractivity contribution in [3.05, 3.63) is 35.4 Å². The van der Waals surface area contributed by atoms with Crippen LogP contribution in [-0.4, -0.2) is 18.6 Å². The van der Waals surface area contributed by atoms with Gasteiger partial charge in [-0.15, -0.1) is 0 Å². The van der Waals surface area contributed by atoms with E-state index in [9.17, 15) is 0 Å². The smallest absolute Gasteiger partial charge is 0.191 e. The van der Waals surface area contributed by atoms with Crippen molar-refractivity contribution in [3.8, 4) is 17.0 Å². The maximum Gasteiger partial charge on any atom is 0.191 e. The SMILES string of the molecule is COc1ccc(-c2nc(C)oc2CCN)cc1C. The van der Waals surface area contributed by atoms with Crippen LogP contribution >= 0.6 is 0 Å². The van der Waals surface area contributed by atoms with Crippen LogP contribution in [0.5, 0.6) is 5.75 Å². The van der Waals surface area contributed by atoms with E-state index in [1.165, 1.54) is 0 Å². The molecule has 1 aromatic heterocycles. The first-order valence-corrected chi connectivity index (χ1v) is 5.97. The van der Waals surface area contributed by atoms with Crippen molar-refractivity contribution in [2.45, 2.75) is 20.3 Å². The molecule has 1 aromatic carbocycles. The van der Waals surface area contributed by atoms with E-state index in [1.54, 1.807) is 7.11 Å². The Hall–Kier alpha value is -1.81. The number of aryl methyl sites for hydroxylation is 2. The van der Waals surface area contributed by atoms with Crippen LogP contribution in [0.15, 0.2) is 22.6 Å². The molecule has 4 heteroatoms. The lowest BCUT2D eigenvalue weighted by molar-refractivity contribution is 0.412. The number of hydrogen-bond acceptors (Lipinski definition) is 4. The summed E-state index contributed by atoms with van der Waals surface area (Å²) >= 11 is 0. The van der Waals surface area contributed by atoms with Crippen LogP contribution < -0.4 is 10.5 Å². The summed E-state index contributed by atoms with van der Waals surface area (Å²) in [6.45, 7) is 4.41. The van der Waals surface area contributed by atoms with E-state index in [1.807, 2.05) is 26.0 Å². The van der Waals surface area contributed by atoms with Gasteiger partial charge in [0.05, 0.1) is 7.11 Å². The summed E-state index contributed by atoms with van der Waals surface area (Å²) in [6, 6.07) is 5.99. The van der Waals surface area contributed by atoms with Crippen LogP contribution in [0.2, 0.25) is 0 Å². The van der Waals surface area contributed by atoms with Crippen LogP contribution in [-0.2, 0) is 6.42 Å². The molecular weight excluding hydrogens is 228 g/mol. The van der Waals surface area contributed by atoms with Gasteiger partial charge in [0.1, 0.15) is 17.2 Å². The van der Waals surface area contributed by atoms with Crippen LogP contribution in [0.25, 0.3) is 11.3 Å². The number of hydrogen-bond donors (Lipinski definition) is 1. The third-order valence-electron chi connectivity index (χ3n) is 2.84. The lowest BCUT2D eigenvalue weighted by Crippen LogP contribution is -2.02. The molecule has 2 N–H and O–H groups in total. The highest BCUT2D eigenvalue weighted by atomic mass is 16.5. The van der Waals surface area contributed by atoms with E-state index >= 15 is 0 Å². The maximum atomic E-state index is 5.58. The molecule has 1 heterocycles. The summed E-state index contributed by atoms with van der Waals surface area (Å²) in [4.78, 5) is 4.43. The van der Waals surface area contributed by atoms with Gasteiger partial charge in [0.2, 0.25) is 0 Å². The van der Waals surface area contributed by atoms with Crippen LogP contribution in [0, 0.1) is 13.8 Å². The summed E-state index contributed by atoms with van der Waals surface area (Å²) in [5, 5.41) is 0. The molecule has 0 saturated carbocycles. The van der Waals surface area contributed by atoms with Crippen molar-refractivity contribution in [2.24, 2.45) is 5.73 Å². The molecule has 2 aromatic rings. The maximum absolute atomic E-state index is 5.58. The number of aromatic nitrogens is 1. The van der Waals surface area contributed by atoms with Crippen molar-refractivity contribution >= 4 is 0 Å². The zero-order valence-electron chi connectivity index (χ0n) is 11.0. The van der Waals surface area contributed by atoms with E-state index < -0.39 is 0 Å². The number of oxazole rings is 1. The molecule has 4 nitrogen and oxygen atoms in total. The average Bonchev–Trinajstić information content (AvgIpc) is 2.71. The summed E-state index contributed by atoms with van der Waals surface area (Å²) in [5.41, 5.74) is 8.58. The number of nitrogens with two attached hydrogens (primary N) is 1. The van der Waals surface area contributed by atoms with E-state index in [0.717, 1.165) is 28.3 Å². The molecule has 0 radical (unpaired) electrons. The van der Waals surface area contributed by atoms with Crippen LogP contribution in [0.1, 0.15) is 17.2 Å². The van der Waals surface area contributed by atoms with Gasteiger partial charge >= 0.3 is 0 Å². The molecule has 0 amide bonds. The van der Waals surface area contributed by atoms with E-state index in [-0.39, 0.29) is 0 Å². The van der Waals surface area contributed by atoms with Gasteiger partial charge in [-0.05, 0) is 37.2 Å². The first-order valence-electron chi connectivity index (χ1n) is 5.97. The molecule has 0 aliphatic carbocycles. The number of benzene rings is 1. The molecular formula is C14H18N2O2. The summed E-state index contributed by atoms with van der Waals surface area (Å²) < 4.78 is 10.8. The predicted molar refractivity (Wildman–Crippen MR) is 70.7 cm³/mol. The average molecular weight is 246 g/mol. The fourth-order valence-corrected chi connectivity index (χ4v) is 2.02. The van der Waals surface area contributed by atoms with Crippen LogP contribution in [0.3, 0.4) is 0 Å². The van der Waals surface area contributed by atoms with Crippen molar-refractivity contribution in [3.63, 3.8) is 0 Å². The fraction of sp³-hybridized carbons (Fsp3) is 0.357. The Kier molecular flexibility index (Phi) is 3.67. The molecule has 0 aliphatic heterocycles. The Balaban J connectivity index is 2.44. The van der Waals surface area contributed by atoms with Gasteiger partial charge in [0.25, 0.3) is 0 Å². The monoisotopic (exact) mass is 246 g/mol. The van der Waals surface area contributed by atoms with Gasteiger partial charge in [-0.1, -0.05) is 0 Å². The van der Waals surface area contributed by atoms with Crippen molar-refractivity contribution in [2.75, 3.05) is 13.7 Å². The second-order valence-electron chi connectivity index (χ2n) is 4.23. The molecule has 0 saturated heterocycles. The highest BCUT2D eigenvalue weighted by Crippen LogP contribution is 2.28. The topological polar surface area (TPSA) is 61.3 Å². The third kappa shape index (κ3) is 2.38. The van der Waals surface area contributed by atoms with Gasteiger partial charge < -0.3 is 14.9 Å². The summed E-state index contributed by atoms with van der Waals surface area (Å²) in [6.07, 6.45) is 0.696. The second-order valence-corrected chi connectivity index (χ2v) is 4.23. The Bertz CT molecular complexity index is 547. The molecule has 0 unspecified atom stereocenters. The Morgan fingerprint density at radius 1 is 1.33 bits per heavy atom. The molecule has 0 aliphatic rings. The minimum absolute atomic E-state index is 0.552. The fourth-order valence-electron chi connectivity index (χ4n) is 2.02. The van der Waals surface area contributed by atoms with Crippen molar-refractivity contribution in [1.82, 2.24) is 4.98 Å². The van der Waals surface area contributed by atoms with Gasteiger partial charge in [-0.25, -0.2) is 4.98 Å². The van der Waals surface area contributed by atoms with Crippen molar-refractivity contribution < 1.29 is 9.15 Å². The Morgan fingerprint density at radius 2 is 2.11 bits per heavy atom. The lowest BCUT2D eigenvalue weighted by Gasteiger charge is -2.06. The highest BCUT2D eigenvalue weighted by Gasteiger charge is 2.13. The molecule has 0 atom stereocenters. The number of ether oxygens (including phenoxy) is 1. The quantitative estimate of drug-likeness (QED) is 0.900. The Labute approximate surface area is 107 Å². The van der Waals surface area contributed by atoms with E-state index in [0.29, 0.717) is 18.9 Å². The third-order valence-corrected chi connectivity index (χ3v) is 2.84. The van der Waals surface area contributed by atoms with Gasteiger partial charge in [0.15, 0.2) is 5.89 Å². The second kappa shape index (κ2) is 5.23. The van der Waals surface area contributed by atoms with Gasteiger partial charge in [0, 0.05) is 18.9 Å². The lowest BCUT2D eigenvalue weighted by atomic mass is 10.1. The zero-order valence-corrected chi connectivity index (χ0v) is 11.0. The predicted octanol–water partition coefficient (Wildman–Crippen LogP) is 2.47. The van der Waals surface area contributed by atoms with Gasteiger partial charge in [-0.2, -0.15) is 0 Å². The standard InChI is InChI=1S/C14H18N2O2/c1-9-8-11(4-5-12(9)17-3)14-13(6-7-15)18-10(2)16-14/h4-5,8H,6-7,15H2,1-3H3. The minimum atomic E-state index is 0.552. The molecule has 0 fully saturated rings. The van der Waals surface area contributed by atoms with Crippen molar-refractivity contribution in [1.29, 1.82) is 0 Å². The summed E-state index contributed by atoms with van der Waals surface area (Å²) in [7, 11) is 1.67. The molecule has 2 rings (SSSR count). The van der Waals surface area contributed by atoms with Crippen LogP contribution in [0.4, 0.5) is 0 Å². The summed E-state index contributed by atoms with van der Waals surface area (Å²) in [5.74, 6) is 2.39. The highest BCUT2D eigenvalue weighted by molar-refractivity contribution is 5.64. The number of nitrogens with zero attached hydrogens (tertiary/aromatic N) is 1. The molecule has 0 bridgehead atoms. The zero-order chi connectivity index (χ0) is 13.1. The normalized spacial score (nSPS) is 10.7. The Morgan fingerprint density at radius 3 is 2.72 bits per heavy atom. The first kappa shape index (κ1) is 12.6. The minimum Gasteiger partial charge on any atom is -0.496 e. The van der Waals surface area contributed by atoms with E-state index in [2.05, 4.69) is 11.1 Å².